The van der Waals surface area contributed by atoms with Crippen LogP contribution in [-0.4, -0.2) is 10.9 Å². The summed E-state index contributed by atoms with van der Waals surface area (Å²) < 4.78 is 11.7. The number of aromatic nitrogens is 1. The number of hydrogen-bond donors (Lipinski definition) is 1. The fraction of sp³-hybridized carbons (Fsp3) is 0.103. The average molecular weight is 483 g/mol. The van der Waals surface area contributed by atoms with Crippen molar-refractivity contribution in [3.63, 3.8) is 0 Å². The largest absolute Gasteiger partial charge is 0.457 e. The molecule has 0 bridgehead atoms. The molecule has 1 N–H and O–H groups in total. The number of aryl methyl sites for hydroxylation is 2. The van der Waals surface area contributed by atoms with Crippen molar-refractivity contribution >= 4 is 34.7 Å². The Labute approximate surface area is 208 Å². The van der Waals surface area contributed by atoms with E-state index in [9.17, 15) is 4.79 Å². The van der Waals surface area contributed by atoms with Crippen LogP contribution in [-0.2, 0) is 11.3 Å². The van der Waals surface area contributed by atoms with Gasteiger partial charge in [0.1, 0.15) is 17.0 Å². The van der Waals surface area contributed by atoms with Gasteiger partial charge in [-0.25, -0.2) is 4.98 Å². The second-order valence-electron chi connectivity index (χ2n) is 8.38. The van der Waals surface area contributed by atoms with Crippen LogP contribution >= 0.6 is 11.6 Å². The Balaban J connectivity index is 1.18. The summed E-state index contributed by atoms with van der Waals surface area (Å²) >= 11 is 5.93. The molecule has 0 spiro atoms. The lowest BCUT2D eigenvalue weighted by atomic mass is 10.1. The van der Waals surface area contributed by atoms with Crippen molar-refractivity contribution in [3.05, 3.63) is 106 Å². The number of fused-ring (bicyclic) bond motifs is 1. The number of halogens is 1. The minimum atomic E-state index is -0.205. The van der Waals surface area contributed by atoms with Gasteiger partial charge in [-0.15, -0.1) is 0 Å². The summed E-state index contributed by atoms with van der Waals surface area (Å²) in [7, 11) is 0. The van der Waals surface area contributed by atoms with Crippen molar-refractivity contribution in [2.45, 2.75) is 20.4 Å². The number of carbonyl (C=O) groups excluding carboxylic acids is 1. The Morgan fingerprint density at radius 3 is 2.40 bits per heavy atom. The zero-order valence-electron chi connectivity index (χ0n) is 19.3. The lowest BCUT2D eigenvalue weighted by molar-refractivity contribution is -0.116. The van der Waals surface area contributed by atoms with E-state index in [0.717, 1.165) is 27.8 Å². The van der Waals surface area contributed by atoms with Gasteiger partial charge < -0.3 is 14.2 Å². The Morgan fingerprint density at radius 2 is 1.63 bits per heavy atom. The van der Waals surface area contributed by atoms with E-state index in [1.165, 1.54) is 17.2 Å². The van der Waals surface area contributed by atoms with Crippen molar-refractivity contribution in [3.8, 4) is 22.8 Å². The summed E-state index contributed by atoms with van der Waals surface area (Å²) in [4.78, 5) is 16.9. The molecule has 3 aromatic carbocycles. The van der Waals surface area contributed by atoms with Crippen molar-refractivity contribution in [2.24, 2.45) is 0 Å². The molecule has 0 saturated carbocycles. The molecule has 0 unspecified atom stereocenters. The fourth-order valence-electron chi connectivity index (χ4n) is 3.69. The molecule has 0 radical (unpaired) electrons. The van der Waals surface area contributed by atoms with Gasteiger partial charge in [-0.05, 0) is 97.3 Å². The molecule has 35 heavy (non-hydrogen) atoms. The normalized spacial score (nSPS) is 11.4. The maximum atomic E-state index is 12.3. The minimum absolute atomic E-state index is 0.205. The molecule has 2 heterocycles. The third-order valence-corrected chi connectivity index (χ3v) is 6.08. The van der Waals surface area contributed by atoms with Crippen LogP contribution in [0.2, 0.25) is 5.02 Å². The molecular formula is C29H23ClN2O3. The first kappa shape index (κ1) is 22.7. The number of nitrogens with one attached hydrogen (secondary N) is 1. The van der Waals surface area contributed by atoms with E-state index in [2.05, 4.69) is 24.1 Å². The van der Waals surface area contributed by atoms with E-state index >= 15 is 0 Å². The number of carbonyl (C=O) groups is 1. The lowest BCUT2D eigenvalue weighted by Crippen LogP contribution is -2.20. The predicted octanol–water partition coefficient (Wildman–Crippen LogP) is 7.35. The van der Waals surface area contributed by atoms with E-state index in [4.69, 9.17) is 20.4 Å². The molecular weight excluding hydrogens is 460 g/mol. The van der Waals surface area contributed by atoms with Gasteiger partial charge in [-0.2, -0.15) is 0 Å². The van der Waals surface area contributed by atoms with Crippen molar-refractivity contribution in [2.75, 3.05) is 0 Å². The zero-order chi connectivity index (χ0) is 24.4. The average Bonchev–Trinajstić information content (AvgIpc) is 3.50. The molecule has 5 aromatic rings. The second kappa shape index (κ2) is 9.65. The van der Waals surface area contributed by atoms with Gasteiger partial charge in [0.2, 0.25) is 11.8 Å². The molecule has 1 amide bonds. The Morgan fingerprint density at radius 1 is 0.914 bits per heavy atom. The monoisotopic (exact) mass is 482 g/mol. The SMILES string of the molecule is Cc1cc2nc(-c3ccc(CNC(=O)/C=C/c4ccc(-c5ccc(Cl)cc5)o4)cc3)oc2cc1C. The van der Waals surface area contributed by atoms with Crippen LogP contribution in [0.15, 0.2) is 87.7 Å². The van der Waals surface area contributed by atoms with Crippen molar-refractivity contribution in [1.82, 2.24) is 10.3 Å². The molecule has 0 aliphatic rings. The van der Waals surface area contributed by atoms with Gasteiger partial charge in [0.05, 0.1) is 0 Å². The van der Waals surface area contributed by atoms with Crippen LogP contribution in [0.4, 0.5) is 0 Å². The summed E-state index contributed by atoms with van der Waals surface area (Å²) in [5, 5.41) is 3.56. The summed E-state index contributed by atoms with van der Waals surface area (Å²) in [6.07, 6.45) is 3.11. The number of rotatable bonds is 6. The van der Waals surface area contributed by atoms with E-state index in [0.29, 0.717) is 29.0 Å². The molecule has 5 nitrogen and oxygen atoms in total. The molecule has 0 aliphatic carbocycles. The minimum Gasteiger partial charge on any atom is -0.457 e. The summed E-state index contributed by atoms with van der Waals surface area (Å²) in [5.41, 5.74) is 6.78. The van der Waals surface area contributed by atoms with Gasteiger partial charge in [-0.1, -0.05) is 23.7 Å². The number of nitrogens with zero attached hydrogens (tertiary/aromatic N) is 1. The van der Waals surface area contributed by atoms with Crippen LogP contribution in [0, 0.1) is 13.8 Å². The highest BCUT2D eigenvalue weighted by Gasteiger charge is 2.10. The maximum absolute atomic E-state index is 12.3. The quantitative estimate of drug-likeness (QED) is 0.257. The van der Waals surface area contributed by atoms with Gasteiger partial charge in [0.25, 0.3) is 0 Å². The first-order valence-corrected chi connectivity index (χ1v) is 11.6. The number of hydrogen-bond acceptors (Lipinski definition) is 4. The number of oxazole rings is 1. The van der Waals surface area contributed by atoms with Crippen LogP contribution < -0.4 is 5.32 Å². The number of amides is 1. The third kappa shape index (κ3) is 5.20. The molecule has 0 fully saturated rings. The topological polar surface area (TPSA) is 68.3 Å². The standard InChI is InChI=1S/C29H23ClN2O3/c1-18-15-25-27(16-19(18)2)35-29(32-25)22-5-3-20(4-6-22)17-31-28(33)14-12-24-11-13-26(34-24)21-7-9-23(30)10-8-21/h3-16H,17H2,1-2H3,(H,31,33)/b14-12+. The lowest BCUT2D eigenvalue weighted by Gasteiger charge is -2.03. The molecule has 6 heteroatoms. The molecule has 0 aliphatic heterocycles. The number of furan rings is 1. The Hall–Kier alpha value is -4.09. The van der Waals surface area contributed by atoms with Crippen LogP contribution in [0.5, 0.6) is 0 Å². The molecule has 5 rings (SSSR count). The van der Waals surface area contributed by atoms with E-state index in [1.54, 1.807) is 6.08 Å². The molecule has 0 atom stereocenters. The highest BCUT2D eigenvalue weighted by molar-refractivity contribution is 6.30. The second-order valence-corrected chi connectivity index (χ2v) is 8.82. The zero-order valence-corrected chi connectivity index (χ0v) is 20.1. The first-order valence-electron chi connectivity index (χ1n) is 11.2. The van der Waals surface area contributed by atoms with E-state index in [-0.39, 0.29) is 5.91 Å². The number of benzene rings is 3. The Bertz CT molecular complexity index is 1490. The van der Waals surface area contributed by atoms with Crippen molar-refractivity contribution in [1.29, 1.82) is 0 Å². The molecule has 174 valence electrons. The summed E-state index contributed by atoms with van der Waals surface area (Å²) in [6, 6.07) is 22.9. The fourth-order valence-corrected chi connectivity index (χ4v) is 3.81. The van der Waals surface area contributed by atoms with Gasteiger partial charge in [0.15, 0.2) is 5.58 Å². The predicted molar refractivity (Wildman–Crippen MR) is 139 cm³/mol. The van der Waals surface area contributed by atoms with Gasteiger partial charge >= 0.3 is 0 Å². The third-order valence-electron chi connectivity index (χ3n) is 5.83. The van der Waals surface area contributed by atoms with E-state index < -0.39 is 0 Å². The van der Waals surface area contributed by atoms with Crippen molar-refractivity contribution < 1.29 is 13.6 Å². The summed E-state index contributed by atoms with van der Waals surface area (Å²) in [5.74, 6) is 1.69. The molecule has 0 saturated heterocycles. The Kier molecular flexibility index (Phi) is 6.25. The molecule has 2 aromatic heterocycles. The maximum Gasteiger partial charge on any atom is 0.244 e. The van der Waals surface area contributed by atoms with Crippen LogP contribution in [0.1, 0.15) is 22.5 Å². The van der Waals surface area contributed by atoms with Gasteiger partial charge in [0, 0.05) is 28.8 Å². The van der Waals surface area contributed by atoms with Gasteiger partial charge in [-0.3, -0.25) is 4.79 Å². The first-order chi connectivity index (χ1) is 16.9. The van der Waals surface area contributed by atoms with Crippen LogP contribution in [0.25, 0.3) is 40.0 Å². The highest BCUT2D eigenvalue weighted by Crippen LogP contribution is 2.27. The van der Waals surface area contributed by atoms with Crippen LogP contribution in [0.3, 0.4) is 0 Å². The smallest absolute Gasteiger partial charge is 0.244 e. The summed E-state index contributed by atoms with van der Waals surface area (Å²) in [6.45, 7) is 4.53. The van der Waals surface area contributed by atoms with E-state index in [1.807, 2.05) is 72.8 Å². The highest BCUT2D eigenvalue weighted by atomic mass is 35.5.